The first-order valence-electron chi connectivity index (χ1n) is 8.51. The zero-order valence-corrected chi connectivity index (χ0v) is 17.5. The number of ketones is 1. The van der Waals surface area contributed by atoms with Crippen LogP contribution < -0.4 is 0 Å². The summed E-state index contributed by atoms with van der Waals surface area (Å²) in [5.41, 5.74) is 0.254. The first-order chi connectivity index (χ1) is 12.8. The summed E-state index contributed by atoms with van der Waals surface area (Å²) in [7, 11) is -3.60. The second-order valence-electron chi connectivity index (χ2n) is 6.58. The molecule has 1 heterocycles. The number of carbonyl (C=O) groups excluding carboxylic acids is 1. The average Bonchev–Trinajstić information content (AvgIpc) is 2.64. The van der Waals surface area contributed by atoms with E-state index in [-0.39, 0.29) is 40.1 Å². The van der Waals surface area contributed by atoms with Crippen molar-refractivity contribution in [3.63, 3.8) is 0 Å². The summed E-state index contributed by atoms with van der Waals surface area (Å²) < 4.78 is 41.5. The molecule has 0 radical (unpaired) electrons. The molecule has 0 aromatic heterocycles. The van der Waals surface area contributed by atoms with Gasteiger partial charge in [0.2, 0.25) is 10.0 Å². The maximum atomic E-state index is 13.6. The quantitative estimate of drug-likeness (QED) is 0.578. The van der Waals surface area contributed by atoms with Crippen molar-refractivity contribution in [1.29, 1.82) is 0 Å². The molecule has 1 fully saturated rings. The van der Waals surface area contributed by atoms with Gasteiger partial charge in [0.25, 0.3) is 0 Å². The summed E-state index contributed by atoms with van der Waals surface area (Å²) >= 11 is 8.95. The molecule has 8 heteroatoms. The molecule has 0 bridgehead atoms. The number of benzene rings is 2. The summed E-state index contributed by atoms with van der Waals surface area (Å²) in [6, 6.07) is 10.5. The van der Waals surface area contributed by atoms with E-state index in [9.17, 15) is 17.6 Å². The van der Waals surface area contributed by atoms with Crippen LogP contribution in [-0.4, -0.2) is 31.6 Å². The van der Waals surface area contributed by atoms with Gasteiger partial charge in [0.05, 0.1) is 9.92 Å². The van der Waals surface area contributed by atoms with Gasteiger partial charge in [-0.05, 0) is 61.2 Å². The van der Waals surface area contributed by atoms with Gasteiger partial charge in [-0.25, -0.2) is 12.8 Å². The summed E-state index contributed by atoms with van der Waals surface area (Å²) in [6.45, 7) is 0.707. The highest BCUT2D eigenvalue weighted by Crippen LogP contribution is 2.27. The van der Waals surface area contributed by atoms with E-state index in [0.29, 0.717) is 13.0 Å². The number of hydrogen-bond donors (Lipinski definition) is 0. The number of halogens is 3. The van der Waals surface area contributed by atoms with E-state index < -0.39 is 15.8 Å². The summed E-state index contributed by atoms with van der Waals surface area (Å²) in [6.07, 6.45) is 1.62. The highest BCUT2D eigenvalue weighted by atomic mass is 79.9. The van der Waals surface area contributed by atoms with E-state index in [2.05, 4.69) is 15.9 Å². The zero-order chi connectivity index (χ0) is 19.6. The molecule has 1 atom stereocenters. The second-order valence-corrected chi connectivity index (χ2v) is 9.84. The molecular formula is C19H18BrClFNO3S. The normalized spacial score (nSPS) is 18.4. The van der Waals surface area contributed by atoms with Crippen molar-refractivity contribution in [3.8, 4) is 0 Å². The van der Waals surface area contributed by atoms with E-state index in [1.165, 1.54) is 16.4 Å². The van der Waals surface area contributed by atoms with Crippen LogP contribution in [0, 0.1) is 11.7 Å². The van der Waals surface area contributed by atoms with Crippen molar-refractivity contribution in [2.24, 2.45) is 5.92 Å². The number of nitrogens with zero attached hydrogens (tertiary/aromatic N) is 1. The lowest BCUT2D eigenvalue weighted by Gasteiger charge is -2.31. The maximum Gasteiger partial charge on any atom is 0.243 e. The van der Waals surface area contributed by atoms with E-state index in [0.717, 1.165) is 17.0 Å². The highest BCUT2D eigenvalue weighted by Gasteiger charge is 2.31. The molecule has 1 saturated heterocycles. The Morgan fingerprint density at radius 1 is 1.22 bits per heavy atom. The van der Waals surface area contributed by atoms with Crippen LogP contribution in [-0.2, 0) is 10.0 Å². The largest absolute Gasteiger partial charge is 0.294 e. The lowest BCUT2D eigenvalue weighted by Crippen LogP contribution is -2.40. The van der Waals surface area contributed by atoms with Crippen LogP contribution >= 0.6 is 27.5 Å². The Hall–Kier alpha value is -1.28. The first kappa shape index (κ1) is 20.5. The van der Waals surface area contributed by atoms with Crippen molar-refractivity contribution in [2.45, 2.75) is 24.2 Å². The van der Waals surface area contributed by atoms with E-state index in [1.54, 1.807) is 24.3 Å². The van der Waals surface area contributed by atoms with E-state index in [4.69, 9.17) is 11.6 Å². The van der Waals surface area contributed by atoms with Crippen molar-refractivity contribution in [2.75, 3.05) is 13.1 Å². The number of carbonyl (C=O) groups is 1. The fraction of sp³-hybridized carbons (Fsp3) is 0.316. The second kappa shape index (κ2) is 8.39. The Balaban J connectivity index is 1.71. The van der Waals surface area contributed by atoms with Crippen LogP contribution in [0.1, 0.15) is 29.6 Å². The summed E-state index contributed by atoms with van der Waals surface area (Å²) in [5, 5.41) is -0.0315. The van der Waals surface area contributed by atoms with Crippen molar-refractivity contribution in [3.05, 3.63) is 63.3 Å². The van der Waals surface area contributed by atoms with Crippen LogP contribution in [0.2, 0.25) is 5.02 Å². The van der Waals surface area contributed by atoms with Crippen LogP contribution in [0.25, 0.3) is 0 Å². The minimum atomic E-state index is -3.60. The lowest BCUT2D eigenvalue weighted by molar-refractivity contribution is 0.0942. The minimum Gasteiger partial charge on any atom is -0.294 e. The molecule has 27 heavy (non-hydrogen) atoms. The molecule has 144 valence electrons. The SMILES string of the molecule is O=C(CC1CCCN(S(=O)(=O)c2ccc(Br)cc2)C1)c1ccc(Cl)c(F)c1. The molecule has 0 N–H and O–H groups in total. The topological polar surface area (TPSA) is 54.5 Å². The Kier molecular flexibility index (Phi) is 6.35. The van der Waals surface area contributed by atoms with Crippen LogP contribution in [0.5, 0.6) is 0 Å². The van der Waals surface area contributed by atoms with Gasteiger partial charge in [-0.2, -0.15) is 4.31 Å². The number of hydrogen-bond acceptors (Lipinski definition) is 3. The number of rotatable bonds is 5. The summed E-state index contributed by atoms with van der Waals surface area (Å²) in [5.74, 6) is -0.945. The zero-order valence-electron chi connectivity index (χ0n) is 14.4. The van der Waals surface area contributed by atoms with E-state index >= 15 is 0 Å². The standard InChI is InChI=1S/C19H18BrClFNO3S/c20-15-4-6-16(7-5-15)27(25,26)23-9-1-2-13(12-23)10-19(24)14-3-8-17(21)18(22)11-14/h3-8,11,13H,1-2,9-10,12H2. The molecule has 3 rings (SSSR count). The maximum absolute atomic E-state index is 13.6. The average molecular weight is 475 g/mol. The number of sulfonamides is 1. The first-order valence-corrected chi connectivity index (χ1v) is 11.1. The molecule has 1 aliphatic heterocycles. The molecule has 2 aromatic carbocycles. The Bertz CT molecular complexity index is 950. The highest BCUT2D eigenvalue weighted by molar-refractivity contribution is 9.10. The molecule has 0 spiro atoms. The minimum absolute atomic E-state index is 0.0315. The van der Waals surface area contributed by atoms with Crippen molar-refractivity contribution < 1.29 is 17.6 Å². The predicted molar refractivity (Wildman–Crippen MR) is 106 cm³/mol. The molecule has 4 nitrogen and oxygen atoms in total. The third kappa shape index (κ3) is 4.77. The monoisotopic (exact) mass is 473 g/mol. The van der Waals surface area contributed by atoms with Crippen molar-refractivity contribution in [1.82, 2.24) is 4.31 Å². The van der Waals surface area contributed by atoms with Gasteiger partial charge in [-0.1, -0.05) is 27.5 Å². The molecule has 1 aliphatic rings. The van der Waals surface area contributed by atoms with Gasteiger partial charge in [0.1, 0.15) is 5.82 Å². The lowest BCUT2D eigenvalue weighted by atomic mass is 9.92. The predicted octanol–water partition coefficient (Wildman–Crippen LogP) is 4.92. The Labute approximate surface area is 171 Å². The number of Topliss-reactive ketones (excluding diaryl/α,β-unsaturated/α-hetero) is 1. The number of piperidine rings is 1. The Morgan fingerprint density at radius 2 is 1.93 bits per heavy atom. The van der Waals surface area contributed by atoms with Gasteiger partial charge in [-0.3, -0.25) is 4.79 Å². The molecular weight excluding hydrogens is 457 g/mol. The van der Waals surface area contributed by atoms with Gasteiger partial charge >= 0.3 is 0 Å². The van der Waals surface area contributed by atoms with Gasteiger partial charge in [-0.15, -0.1) is 0 Å². The molecule has 0 amide bonds. The Morgan fingerprint density at radius 3 is 2.59 bits per heavy atom. The van der Waals surface area contributed by atoms with Crippen LogP contribution in [0.15, 0.2) is 51.8 Å². The molecule has 2 aromatic rings. The van der Waals surface area contributed by atoms with Crippen molar-refractivity contribution >= 4 is 43.3 Å². The fourth-order valence-electron chi connectivity index (χ4n) is 3.22. The molecule has 1 unspecified atom stereocenters. The van der Waals surface area contributed by atoms with Gasteiger partial charge in [0.15, 0.2) is 5.78 Å². The third-order valence-electron chi connectivity index (χ3n) is 4.65. The third-order valence-corrected chi connectivity index (χ3v) is 7.36. The van der Waals surface area contributed by atoms with E-state index in [1.807, 2.05) is 0 Å². The smallest absolute Gasteiger partial charge is 0.243 e. The van der Waals surface area contributed by atoms with Crippen LogP contribution in [0.3, 0.4) is 0 Å². The van der Waals surface area contributed by atoms with Crippen LogP contribution in [0.4, 0.5) is 4.39 Å². The fourth-order valence-corrected chi connectivity index (χ4v) is 5.15. The molecule has 0 saturated carbocycles. The van der Waals surface area contributed by atoms with Gasteiger partial charge < -0.3 is 0 Å². The summed E-state index contributed by atoms with van der Waals surface area (Å²) in [4.78, 5) is 12.7. The molecule has 0 aliphatic carbocycles. The van der Waals surface area contributed by atoms with Gasteiger partial charge in [0, 0.05) is 29.5 Å².